The quantitative estimate of drug-likeness (QED) is 0.347. The minimum atomic E-state index is -4.44. The summed E-state index contributed by atoms with van der Waals surface area (Å²) in [7, 11) is -1.25. The minimum Gasteiger partial charge on any atom is -0.398 e. The Bertz CT molecular complexity index is 671. The molecule has 0 N–H and O–H groups in total. The number of halogens is 5. The molecule has 1 saturated heterocycles. The molecule has 0 atom stereocenters. The van der Waals surface area contributed by atoms with Crippen LogP contribution >= 0.6 is 11.6 Å². The van der Waals surface area contributed by atoms with Gasteiger partial charge in [-0.25, -0.2) is 4.39 Å². The molecule has 0 radical (unpaired) electrons. The van der Waals surface area contributed by atoms with Crippen LogP contribution in [0.3, 0.4) is 0 Å². The minimum absolute atomic E-state index is 0.0758. The van der Waals surface area contributed by atoms with Gasteiger partial charge in [-0.05, 0) is 57.4 Å². The summed E-state index contributed by atoms with van der Waals surface area (Å²) in [4.78, 5) is 0. The lowest BCUT2D eigenvalue weighted by Crippen LogP contribution is -2.41. The van der Waals surface area contributed by atoms with Gasteiger partial charge in [-0.3, -0.25) is 0 Å². The Hall–Kier alpha value is -1.09. The predicted molar refractivity (Wildman–Crippen MR) is 97.1 cm³/mol. The van der Waals surface area contributed by atoms with Crippen LogP contribution < -0.4 is 0 Å². The average molecular weight is 409 g/mol. The van der Waals surface area contributed by atoms with Crippen LogP contribution in [0, 0.1) is 0 Å². The Kier molecular flexibility index (Phi) is 6.67. The van der Waals surface area contributed by atoms with E-state index in [4.69, 9.17) is 20.9 Å². The summed E-state index contributed by atoms with van der Waals surface area (Å²) in [5.41, 5.74) is -1.54. The van der Waals surface area contributed by atoms with E-state index in [0.29, 0.717) is 10.6 Å². The van der Waals surface area contributed by atoms with Crippen molar-refractivity contribution in [1.29, 1.82) is 0 Å². The van der Waals surface area contributed by atoms with Gasteiger partial charge in [0.15, 0.2) is 0 Å². The molecule has 1 heterocycles. The summed E-state index contributed by atoms with van der Waals surface area (Å²) in [6.45, 7) is 5.45. The Balaban J connectivity index is 2.25. The number of ether oxygens (including phenoxy) is 1. The summed E-state index contributed by atoms with van der Waals surface area (Å²) in [6.07, 6.45) is -4.51. The molecule has 0 spiro atoms. The van der Waals surface area contributed by atoms with Crippen LogP contribution in [0.15, 0.2) is 30.0 Å². The second-order valence-electron chi connectivity index (χ2n) is 7.34. The van der Waals surface area contributed by atoms with Crippen LogP contribution in [-0.4, -0.2) is 37.7 Å². The highest BCUT2D eigenvalue weighted by atomic mass is 35.5. The van der Waals surface area contributed by atoms with Crippen LogP contribution in [-0.2, 0) is 14.0 Å². The standard InChI is InChI=1S/C18H22BClF4O3/c1-16(2)17(3,4)27-19(26-16)15(21)14(9-10-25-11-18(22,23)24)12-5-7-13(20)8-6-12/h5-8H,9-11H2,1-4H3. The van der Waals surface area contributed by atoms with E-state index in [1.165, 1.54) is 0 Å². The highest BCUT2D eigenvalue weighted by Crippen LogP contribution is 2.40. The molecule has 3 nitrogen and oxygen atoms in total. The predicted octanol–water partition coefficient (Wildman–Crippen LogP) is 5.62. The van der Waals surface area contributed by atoms with Gasteiger partial charge in [0.1, 0.15) is 12.3 Å². The van der Waals surface area contributed by atoms with E-state index in [2.05, 4.69) is 4.74 Å². The summed E-state index contributed by atoms with van der Waals surface area (Å²) in [6, 6.07) is 6.33. The van der Waals surface area contributed by atoms with Crippen molar-refractivity contribution in [2.24, 2.45) is 0 Å². The SMILES string of the molecule is CC1(C)OB(C(F)=C(CCOCC(F)(F)F)c2ccc(Cl)cc2)OC1(C)C. The molecule has 1 aliphatic heterocycles. The van der Waals surface area contributed by atoms with Crippen LogP contribution in [0.1, 0.15) is 39.7 Å². The van der Waals surface area contributed by atoms with E-state index < -0.39 is 36.8 Å². The topological polar surface area (TPSA) is 27.7 Å². The van der Waals surface area contributed by atoms with Crippen LogP contribution in [0.2, 0.25) is 5.02 Å². The first-order valence-corrected chi connectivity index (χ1v) is 8.85. The van der Waals surface area contributed by atoms with Gasteiger partial charge in [-0.1, -0.05) is 23.7 Å². The van der Waals surface area contributed by atoms with Gasteiger partial charge in [0.05, 0.1) is 17.8 Å². The summed E-state index contributed by atoms with van der Waals surface area (Å²) < 4.78 is 68.1. The third kappa shape index (κ3) is 5.70. The fourth-order valence-electron chi connectivity index (χ4n) is 2.50. The van der Waals surface area contributed by atoms with Gasteiger partial charge in [-0.15, -0.1) is 0 Å². The highest BCUT2D eigenvalue weighted by Gasteiger charge is 2.53. The zero-order chi connectivity index (χ0) is 20.5. The molecule has 1 aromatic rings. The largest absolute Gasteiger partial charge is 0.525 e. The number of rotatable bonds is 6. The van der Waals surface area contributed by atoms with E-state index in [-0.39, 0.29) is 18.6 Å². The monoisotopic (exact) mass is 408 g/mol. The van der Waals surface area contributed by atoms with Crippen molar-refractivity contribution < 1.29 is 31.6 Å². The first kappa shape index (κ1) is 22.2. The maximum atomic E-state index is 15.2. The third-order valence-electron chi connectivity index (χ3n) is 4.70. The van der Waals surface area contributed by atoms with Crippen molar-refractivity contribution in [1.82, 2.24) is 0 Å². The zero-order valence-corrected chi connectivity index (χ0v) is 16.4. The first-order chi connectivity index (χ1) is 12.3. The normalized spacial score (nSPS) is 20.0. The summed E-state index contributed by atoms with van der Waals surface area (Å²) in [5, 5.41) is 0.461. The maximum Gasteiger partial charge on any atom is 0.525 e. The van der Waals surface area contributed by atoms with E-state index >= 15 is 4.39 Å². The Morgan fingerprint density at radius 1 is 1.07 bits per heavy atom. The highest BCUT2D eigenvalue weighted by molar-refractivity contribution is 6.55. The lowest BCUT2D eigenvalue weighted by Gasteiger charge is -2.32. The molecule has 0 amide bonds. The van der Waals surface area contributed by atoms with Crippen molar-refractivity contribution in [3.63, 3.8) is 0 Å². The van der Waals surface area contributed by atoms with Gasteiger partial charge < -0.3 is 14.0 Å². The van der Waals surface area contributed by atoms with Gasteiger partial charge in [0.25, 0.3) is 0 Å². The van der Waals surface area contributed by atoms with E-state index in [1.54, 1.807) is 52.0 Å². The van der Waals surface area contributed by atoms with Crippen LogP contribution in [0.4, 0.5) is 17.6 Å². The van der Waals surface area contributed by atoms with Crippen molar-refractivity contribution in [2.45, 2.75) is 51.5 Å². The molecule has 0 unspecified atom stereocenters. The molecule has 150 valence electrons. The lowest BCUT2D eigenvalue weighted by atomic mass is 9.82. The summed E-state index contributed by atoms with van der Waals surface area (Å²) in [5.74, 6) is 0. The summed E-state index contributed by atoms with van der Waals surface area (Å²) >= 11 is 5.87. The van der Waals surface area contributed by atoms with Gasteiger partial charge >= 0.3 is 13.3 Å². The van der Waals surface area contributed by atoms with E-state index in [9.17, 15) is 13.2 Å². The zero-order valence-electron chi connectivity index (χ0n) is 15.6. The van der Waals surface area contributed by atoms with Crippen LogP contribution in [0.5, 0.6) is 0 Å². The molecular weight excluding hydrogens is 386 g/mol. The second kappa shape index (κ2) is 8.11. The van der Waals surface area contributed by atoms with Crippen molar-refractivity contribution >= 4 is 24.3 Å². The van der Waals surface area contributed by atoms with Gasteiger partial charge in [-0.2, -0.15) is 13.2 Å². The maximum absolute atomic E-state index is 15.2. The van der Waals surface area contributed by atoms with E-state index in [1.807, 2.05) is 0 Å². The fourth-order valence-corrected chi connectivity index (χ4v) is 2.63. The molecule has 9 heteroatoms. The van der Waals surface area contributed by atoms with Gasteiger partial charge in [0.2, 0.25) is 0 Å². The Morgan fingerprint density at radius 3 is 2.07 bits per heavy atom. The molecule has 27 heavy (non-hydrogen) atoms. The van der Waals surface area contributed by atoms with Crippen molar-refractivity contribution in [3.05, 3.63) is 40.6 Å². The molecule has 0 aliphatic carbocycles. The average Bonchev–Trinajstić information content (AvgIpc) is 2.75. The molecule has 1 aromatic carbocycles. The Morgan fingerprint density at radius 2 is 1.59 bits per heavy atom. The van der Waals surface area contributed by atoms with Crippen molar-refractivity contribution in [2.75, 3.05) is 13.2 Å². The molecule has 0 aromatic heterocycles. The van der Waals surface area contributed by atoms with Gasteiger partial charge in [0, 0.05) is 5.02 Å². The van der Waals surface area contributed by atoms with E-state index in [0.717, 1.165) is 0 Å². The fraction of sp³-hybridized carbons (Fsp3) is 0.556. The second-order valence-corrected chi connectivity index (χ2v) is 7.78. The number of benzene rings is 1. The Labute approximate surface area is 161 Å². The first-order valence-electron chi connectivity index (χ1n) is 8.47. The molecule has 1 aliphatic rings. The number of hydrogen-bond acceptors (Lipinski definition) is 3. The molecule has 2 rings (SSSR count). The lowest BCUT2D eigenvalue weighted by molar-refractivity contribution is -0.173. The molecule has 0 bridgehead atoms. The number of hydrogen-bond donors (Lipinski definition) is 0. The molecule has 0 saturated carbocycles. The van der Waals surface area contributed by atoms with Crippen LogP contribution in [0.25, 0.3) is 5.57 Å². The number of alkyl halides is 3. The smallest absolute Gasteiger partial charge is 0.398 e. The van der Waals surface area contributed by atoms with Crippen molar-refractivity contribution in [3.8, 4) is 0 Å². The molecule has 1 fully saturated rings. The molecular formula is C18H22BClF4O3. The third-order valence-corrected chi connectivity index (χ3v) is 4.96.